The number of anilines is 1. The number of amides is 2. The van der Waals surface area contributed by atoms with Crippen LogP contribution in [-0.4, -0.2) is 70.7 Å². The third-order valence-electron chi connectivity index (χ3n) is 5.14. The number of nitrogens with zero attached hydrogens (tertiary/aromatic N) is 5. The highest BCUT2D eigenvalue weighted by Gasteiger charge is 2.33. The van der Waals surface area contributed by atoms with Crippen LogP contribution < -0.4 is 10.5 Å². The lowest BCUT2D eigenvalue weighted by Crippen LogP contribution is -2.53. The number of piperazine rings is 1. The van der Waals surface area contributed by atoms with Crippen molar-refractivity contribution < 1.29 is 9.59 Å². The molecule has 0 radical (unpaired) electrons. The van der Waals surface area contributed by atoms with Crippen LogP contribution in [0.25, 0.3) is 0 Å². The van der Waals surface area contributed by atoms with Crippen molar-refractivity contribution in [3.8, 4) is 0 Å². The number of aryl methyl sites for hydroxylation is 1. The predicted octanol–water partition coefficient (Wildman–Crippen LogP) is -0.313. The Bertz CT molecular complexity index is 708. The zero-order valence-corrected chi connectivity index (χ0v) is 14.8. The van der Waals surface area contributed by atoms with E-state index in [0.717, 1.165) is 5.69 Å². The number of carbonyl (C=O) groups is 2. The van der Waals surface area contributed by atoms with Crippen molar-refractivity contribution in [1.82, 2.24) is 19.6 Å². The van der Waals surface area contributed by atoms with Crippen molar-refractivity contribution in [3.05, 3.63) is 22.6 Å². The maximum atomic E-state index is 12.8. The summed E-state index contributed by atoms with van der Waals surface area (Å²) in [5, 5.41) is 4.05. The molecule has 0 N–H and O–H groups in total. The van der Waals surface area contributed by atoms with Gasteiger partial charge in [0.15, 0.2) is 0 Å². The van der Waals surface area contributed by atoms with Crippen molar-refractivity contribution in [2.45, 2.75) is 19.8 Å². The molecule has 2 aliphatic rings. The minimum absolute atomic E-state index is 0.0881. The number of piperidine rings is 1. The van der Waals surface area contributed by atoms with Crippen LogP contribution >= 0.6 is 0 Å². The van der Waals surface area contributed by atoms with E-state index in [1.54, 1.807) is 24.2 Å². The summed E-state index contributed by atoms with van der Waals surface area (Å²) in [7, 11) is 1.62. The van der Waals surface area contributed by atoms with Gasteiger partial charge in [0.05, 0.1) is 17.8 Å². The Balaban J connectivity index is 1.58. The molecular formula is C17H25N5O3. The lowest BCUT2D eigenvalue weighted by atomic mass is 9.95. The molecule has 0 aliphatic carbocycles. The molecule has 2 saturated heterocycles. The van der Waals surface area contributed by atoms with E-state index in [-0.39, 0.29) is 23.3 Å². The Labute approximate surface area is 147 Å². The molecule has 8 nitrogen and oxygen atoms in total. The van der Waals surface area contributed by atoms with E-state index < -0.39 is 0 Å². The van der Waals surface area contributed by atoms with Crippen LogP contribution in [0.4, 0.5) is 5.69 Å². The van der Waals surface area contributed by atoms with Gasteiger partial charge in [-0.25, -0.2) is 4.68 Å². The maximum Gasteiger partial charge on any atom is 0.268 e. The van der Waals surface area contributed by atoms with Gasteiger partial charge in [-0.2, -0.15) is 5.10 Å². The zero-order chi connectivity index (χ0) is 18.0. The van der Waals surface area contributed by atoms with Gasteiger partial charge in [-0.05, 0) is 13.3 Å². The van der Waals surface area contributed by atoms with Crippen LogP contribution in [0.15, 0.2) is 17.1 Å². The topological polar surface area (TPSA) is 78.8 Å². The van der Waals surface area contributed by atoms with Crippen LogP contribution in [0.3, 0.4) is 0 Å². The number of hydrogen-bond donors (Lipinski definition) is 0. The summed E-state index contributed by atoms with van der Waals surface area (Å²) >= 11 is 0. The van der Waals surface area contributed by atoms with Crippen molar-refractivity contribution in [2.75, 3.05) is 44.2 Å². The Morgan fingerprint density at radius 2 is 1.96 bits per heavy atom. The van der Waals surface area contributed by atoms with Crippen LogP contribution in [0, 0.1) is 5.92 Å². The van der Waals surface area contributed by atoms with E-state index in [1.165, 1.54) is 4.68 Å². The summed E-state index contributed by atoms with van der Waals surface area (Å²) in [6.07, 6.45) is 2.79. The lowest BCUT2D eigenvalue weighted by molar-refractivity contribution is -0.143. The summed E-state index contributed by atoms with van der Waals surface area (Å²) in [6, 6.07) is 1.58. The van der Waals surface area contributed by atoms with E-state index in [0.29, 0.717) is 52.1 Å². The molecule has 8 heteroatoms. The average Bonchev–Trinajstić information content (AvgIpc) is 2.64. The first-order valence-corrected chi connectivity index (χ1v) is 8.84. The predicted molar refractivity (Wildman–Crippen MR) is 93.2 cm³/mol. The second-order valence-electron chi connectivity index (χ2n) is 6.66. The Morgan fingerprint density at radius 3 is 2.60 bits per heavy atom. The second-order valence-corrected chi connectivity index (χ2v) is 6.66. The fourth-order valence-electron chi connectivity index (χ4n) is 3.50. The molecule has 0 saturated carbocycles. The summed E-state index contributed by atoms with van der Waals surface area (Å²) in [5.74, 6) is 0.206. The minimum Gasteiger partial charge on any atom is -0.367 e. The normalized spacial score (nSPS) is 21.6. The summed E-state index contributed by atoms with van der Waals surface area (Å²) < 4.78 is 1.30. The van der Waals surface area contributed by atoms with Crippen molar-refractivity contribution in [3.63, 3.8) is 0 Å². The SMILES string of the molecule is CCN1CC(C(=O)N2CCN(c3cnn(C)c(=O)c3)CC2)CCC1=O. The van der Waals surface area contributed by atoms with E-state index in [1.807, 2.05) is 11.8 Å². The van der Waals surface area contributed by atoms with Gasteiger partial charge in [0.1, 0.15) is 0 Å². The van der Waals surface area contributed by atoms with Gasteiger partial charge in [-0.15, -0.1) is 0 Å². The molecule has 3 rings (SSSR count). The summed E-state index contributed by atoms with van der Waals surface area (Å²) in [4.78, 5) is 42.0. The quantitative estimate of drug-likeness (QED) is 0.749. The first-order valence-electron chi connectivity index (χ1n) is 8.84. The Kier molecular flexibility index (Phi) is 5.06. The van der Waals surface area contributed by atoms with Crippen molar-refractivity contribution in [2.24, 2.45) is 13.0 Å². The van der Waals surface area contributed by atoms with Gasteiger partial charge in [0.25, 0.3) is 5.56 Å². The third-order valence-corrected chi connectivity index (χ3v) is 5.14. The molecule has 1 unspecified atom stereocenters. The fraction of sp³-hybridized carbons (Fsp3) is 0.647. The monoisotopic (exact) mass is 347 g/mol. The summed E-state index contributed by atoms with van der Waals surface area (Å²) in [5.41, 5.74) is 0.665. The molecule has 2 aliphatic heterocycles. The highest BCUT2D eigenvalue weighted by Crippen LogP contribution is 2.21. The minimum atomic E-state index is -0.137. The average molecular weight is 347 g/mol. The van der Waals surface area contributed by atoms with Gasteiger partial charge in [0, 0.05) is 58.8 Å². The molecule has 0 aromatic carbocycles. The van der Waals surface area contributed by atoms with Crippen LogP contribution in [-0.2, 0) is 16.6 Å². The molecule has 1 aromatic heterocycles. The van der Waals surface area contributed by atoms with Gasteiger partial charge in [-0.3, -0.25) is 14.4 Å². The van der Waals surface area contributed by atoms with Crippen LogP contribution in [0.2, 0.25) is 0 Å². The molecule has 136 valence electrons. The number of likely N-dealkylation sites (tertiary alicyclic amines) is 1. The largest absolute Gasteiger partial charge is 0.367 e. The molecule has 0 bridgehead atoms. The van der Waals surface area contributed by atoms with Crippen molar-refractivity contribution in [1.29, 1.82) is 0 Å². The molecule has 1 atom stereocenters. The number of hydrogen-bond acceptors (Lipinski definition) is 5. The molecule has 2 fully saturated rings. The van der Waals surface area contributed by atoms with Gasteiger partial charge >= 0.3 is 0 Å². The Morgan fingerprint density at radius 1 is 1.24 bits per heavy atom. The fourth-order valence-corrected chi connectivity index (χ4v) is 3.50. The third kappa shape index (κ3) is 3.67. The smallest absolute Gasteiger partial charge is 0.268 e. The molecule has 1 aromatic rings. The first kappa shape index (κ1) is 17.4. The van der Waals surface area contributed by atoms with E-state index >= 15 is 0 Å². The molecule has 2 amide bonds. The van der Waals surface area contributed by atoms with Gasteiger partial charge in [-0.1, -0.05) is 0 Å². The molecule has 3 heterocycles. The summed E-state index contributed by atoms with van der Waals surface area (Å²) in [6.45, 7) is 5.77. The van der Waals surface area contributed by atoms with Gasteiger partial charge < -0.3 is 14.7 Å². The van der Waals surface area contributed by atoms with E-state index in [9.17, 15) is 14.4 Å². The number of carbonyl (C=O) groups excluding carboxylic acids is 2. The lowest BCUT2D eigenvalue weighted by Gasteiger charge is -2.39. The van der Waals surface area contributed by atoms with Crippen molar-refractivity contribution >= 4 is 17.5 Å². The van der Waals surface area contributed by atoms with Crippen LogP contribution in [0.1, 0.15) is 19.8 Å². The zero-order valence-electron chi connectivity index (χ0n) is 14.8. The number of aromatic nitrogens is 2. The Hall–Kier alpha value is -2.38. The second kappa shape index (κ2) is 7.25. The first-order chi connectivity index (χ1) is 12.0. The maximum absolute atomic E-state index is 12.8. The highest BCUT2D eigenvalue weighted by molar-refractivity contribution is 5.84. The standard InChI is InChI=1S/C17H25N5O3/c1-3-20-12-13(4-5-15(20)23)17(25)22-8-6-21(7-9-22)14-10-16(24)19(2)18-11-14/h10-11,13H,3-9,12H2,1-2H3. The number of rotatable bonds is 3. The van der Waals surface area contributed by atoms with E-state index in [4.69, 9.17) is 0 Å². The van der Waals surface area contributed by atoms with E-state index in [2.05, 4.69) is 10.00 Å². The van der Waals surface area contributed by atoms with Gasteiger partial charge in [0.2, 0.25) is 11.8 Å². The van der Waals surface area contributed by atoms with Crippen LogP contribution in [0.5, 0.6) is 0 Å². The molecule has 25 heavy (non-hydrogen) atoms. The molecular weight excluding hydrogens is 322 g/mol. The molecule has 0 spiro atoms. The highest BCUT2D eigenvalue weighted by atomic mass is 16.2.